The lowest BCUT2D eigenvalue weighted by atomic mass is 10.2. The number of esters is 1. The molecular weight excluding hydrogens is 274 g/mol. The van der Waals surface area contributed by atoms with Gasteiger partial charge in [0.15, 0.2) is 0 Å². The number of rotatable bonds is 5. The number of nitrogens with one attached hydrogen (secondary N) is 1. The van der Waals surface area contributed by atoms with Crippen molar-refractivity contribution < 1.29 is 14.3 Å². The van der Waals surface area contributed by atoms with Crippen LogP contribution in [0.4, 0.5) is 5.69 Å². The highest BCUT2D eigenvalue weighted by Crippen LogP contribution is 2.12. The normalized spacial score (nSPS) is 10.4. The Balaban J connectivity index is 2.07. The summed E-state index contributed by atoms with van der Waals surface area (Å²) in [7, 11) is 3.08. The average molecular weight is 291 g/mol. The van der Waals surface area contributed by atoms with Gasteiger partial charge in [-0.15, -0.1) is 0 Å². The van der Waals surface area contributed by atoms with Crippen LogP contribution in [-0.4, -0.2) is 38.5 Å². The molecule has 21 heavy (non-hydrogen) atoms. The van der Waals surface area contributed by atoms with E-state index in [0.29, 0.717) is 17.7 Å². The molecule has 2 aromatic rings. The lowest BCUT2D eigenvalue weighted by molar-refractivity contribution is -0.141. The van der Waals surface area contributed by atoms with Crippen LogP contribution in [0.5, 0.6) is 0 Å². The van der Waals surface area contributed by atoms with Crippen molar-refractivity contribution in [3.05, 3.63) is 29.8 Å². The molecule has 2 aromatic heterocycles. The predicted molar refractivity (Wildman–Crippen MR) is 74.8 cm³/mol. The second kappa shape index (κ2) is 6.21. The first-order chi connectivity index (χ1) is 10.0. The number of anilines is 1. The third-order valence-corrected chi connectivity index (χ3v) is 2.89. The van der Waals surface area contributed by atoms with Crippen molar-refractivity contribution in [1.29, 1.82) is 0 Å². The fraction of sp³-hybridized carbons (Fsp3) is 0.385. The first-order valence-electron chi connectivity index (χ1n) is 6.46. The minimum Gasteiger partial charge on any atom is -0.468 e. The molecule has 2 heterocycles. The van der Waals surface area contributed by atoms with Gasteiger partial charge >= 0.3 is 5.97 Å². The summed E-state index contributed by atoms with van der Waals surface area (Å²) < 4.78 is 7.55. The Morgan fingerprint density at radius 1 is 1.38 bits per heavy atom. The summed E-state index contributed by atoms with van der Waals surface area (Å²) in [5.41, 5.74) is 1.77. The highest BCUT2D eigenvalue weighted by Gasteiger charge is 2.15. The van der Waals surface area contributed by atoms with Crippen LogP contribution in [0.3, 0.4) is 0 Å². The number of carbonyl (C=O) groups excluding carboxylic acids is 2. The molecule has 0 fully saturated rings. The third-order valence-electron chi connectivity index (χ3n) is 2.89. The van der Waals surface area contributed by atoms with Gasteiger partial charge in [0.25, 0.3) is 5.91 Å². The molecule has 0 spiro atoms. The Bertz CT molecular complexity index is 659. The Morgan fingerprint density at radius 2 is 2.14 bits per heavy atom. The maximum Gasteiger partial charge on any atom is 0.327 e. The van der Waals surface area contributed by atoms with Crippen molar-refractivity contribution in [1.82, 2.24) is 19.6 Å². The lowest BCUT2D eigenvalue weighted by Gasteiger charge is -2.01. The van der Waals surface area contributed by atoms with E-state index >= 15 is 0 Å². The van der Waals surface area contributed by atoms with Crippen molar-refractivity contribution in [3.8, 4) is 0 Å². The Hall–Kier alpha value is -2.64. The summed E-state index contributed by atoms with van der Waals surface area (Å²) in [6.45, 7) is 1.94. The standard InChI is InChI=1S/C13H17N5O3/c1-4-11-10(7-17(2)16-11)13(20)15-9-5-14-18(6-9)8-12(19)21-3/h5-7H,4,8H2,1-3H3,(H,15,20). The number of nitrogens with zero attached hydrogens (tertiary/aromatic N) is 4. The van der Waals surface area contributed by atoms with Crippen LogP contribution in [-0.2, 0) is 29.5 Å². The van der Waals surface area contributed by atoms with E-state index in [1.807, 2.05) is 6.92 Å². The van der Waals surface area contributed by atoms with E-state index < -0.39 is 5.97 Å². The minimum absolute atomic E-state index is 0.000523. The molecule has 112 valence electrons. The van der Waals surface area contributed by atoms with Gasteiger partial charge in [0, 0.05) is 19.4 Å². The molecule has 0 bridgehead atoms. The lowest BCUT2D eigenvalue weighted by Crippen LogP contribution is -2.13. The van der Waals surface area contributed by atoms with Crippen LogP contribution in [0.25, 0.3) is 0 Å². The highest BCUT2D eigenvalue weighted by atomic mass is 16.5. The zero-order valence-corrected chi connectivity index (χ0v) is 12.2. The maximum atomic E-state index is 12.2. The first-order valence-corrected chi connectivity index (χ1v) is 6.46. The van der Waals surface area contributed by atoms with E-state index in [1.165, 1.54) is 18.0 Å². The number of hydrogen-bond acceptors (Lipinski definition) is 5. The van der Waals surface area contributed by atoms with E-state index in [4.69, 9.17) is 0 Å². The van der Waals surface area contributed by atoms with Crippen LogP contribution in [0.1, 0.15) is 23.0 Å². The van der Waals surface area contributed by atoms with Gasteiger partial charge in [0.05, 0.1) is 30.3 Å². The molecule has 8 heteroatoms. The Morgan fingerprint density at radius 3 is 2.81 bits per heavy atom. The molecule has 0 aliphatic heterocycles. The zero-order chi connectivity index (χ0) is 15.4. The van der Waals surface area contributed by atoms with Gasteiger partial charge in [-0.2, -0.15) is 10.2 Å². The summed E-state index contributed by atoms with van der Waals surface area (Å²) in [6, 6.07) is 0. The fourth-order valence-electron chi connectivity index (χ4n) is 1.90. The van der Waals surface area contributed by atoms with E-state index in [0.717, 1.165) is 5.69 Å². The Kier molecular flexibility index (Phi) is 4.36. The largest absolute Gasteiger partial charge is 0.468 e. The maximum absolute atomic E-state index is 12.2. The molecular formula is C13H17N5O3. The van der Waals surface area contributed by atoms with E-state index in [9.17, 15) is 9.59 Å². The smallest absolute Gasteiger partial charge is 0.327 e. The van der Waals surface area contributed by atoms with E-state index in [2.05, 4.69) is 20.3 Å². The molecule has 0 unspecified atom stereocenters. The summed E-state index contributed by atoms with van der Waals surface area (Å²) >= 11 is 0. The molecule has 0 saturated carbocycles. The SMILES string of the molecule is CCc1nn(C)cc1C(=O)Nc1cnn(CC(=O)OC)c1. The van der Waals surface area contributed by atoms with Crippen molar-refractivity contribution in [2.75, 3.05) is 12.4 Å². The van der Waals surface area contributed by atoms with Crippen LogP contribution in [0, 0.1) is 0 Å². The number of aryl methyl sites for hydroxylation is 2. The van der Waals surface area contributed by atoms with Gasteiger partial charge in [-0.1, -0.05) is 6.92 Å². The molecule has 0 radical (unpaired) electrons. The van der Waals surface area contributed by atoms with Crippen molar-refractivity contribution >= 4 is 17.6 Å². The second-order valence-electron chi connectivity index (χ2n) is 4.47. The van der Waals surface area contributed by atoms with E-state index in [1.54, 1.807) is 24.1 Å². The van der Waals surface area contributed by atoms with Crippen LogP contribution in [0.15, 0.2) is 18.6 Å². The highest BCUT2D eigenvalue weighted by molar-refractivity contribution is 6.04. The van der Waals surface area contributed by atoms with Gasteiger partial charge in [-0.3, -0.25) is 19.0 Å². The van der Waals surface area contributed by atoms with Gasteiger partial charge in [-0.05, 0) is 6.42 Å². The molecule has 0 atom stereocenters. The molecule has 8 nitrogen and oxygen atoms in total. The van der Waals surface area contributed by atoms with Crippen molar-refractivity contribution in [2.45, 2.75) is 19.9 Å². The molecule has 0 aromatic carbocycles. The summed E-state index contributed by atoms with van der Waals surface area (Å²) in [6.07, 6.45) is 5.39. The molecule has 0 aliphatic carbocycles. The van der Waals surface area contributed by atoms with Crippen LogP contribution < -0.4 is 5.32 Å². The number of hydrogen-bond donors (Lipinski definition) is 1. The molecule has 0 aliphatic rings. The number of aromatic nitrogens is 4. The third kappa shape index (κ3) is 3.47. The number of amides is 1. The number of ether oxygens (including phenoxy) is 1. The van der Waals surface area contributed by atoms with Crippen LogP contribution >= 0.6 is 0 Å². The summed E-state index contributed by atoms with van der Waals surface area (Å²) in [5, 5.41) is 10.9. The van der Waals surface area contributed by atoms with Crippen molar-refractivity contribution in [3.63, 3.8) is 0 Å². The summed E-state index contributed by atoms with van der Waals surface area (Å²) in [4.78, 5) is 23.3. The van der Waals surface area contributed by atoms with Crippen molar-refractivity contribution in [2.24, 2.45) is 7.05 Å². The van der Waals surface area contributed by atoms with Crippen LogP contribution in [0.2, 0.25) is 0 Å². The number of methoxy groups -OCH3 is 1. The van der Waals surface area contributed by atoms with Gasteiger partial charge in [-0.25, -0.2) is 0 Å². The molecule has 2 rings (SSSR count). The van der Waals surface area contributed by atoms with E-state index in [-0.39, 0.29) is 12.5 Å². The molecule has 0 saturated heterocycles. The predicted octanol–water partition coefficient (Wildman–Crippen LogP) is 0.604. The average Bonchev–Trinajstić information content (AvgIpc) is 3.05. The quantitative estimate of drug-likeness (QED) is 0.815. The molecule has 1 N–H and O–H groups in total. The Labute approximate surface area is 121 Å². The topological polar surface area (TPSA) is 91.0 Å². The second-order valence-corrected chi connectivity index (χ2v) is 4.47. The van der Waals surface area contributed by atoms with Gasteiger partial charge in [0.1, 0.15) is 6.54 Å². The molecule has 1 amide bonds. The van der Waals surface area contributed by atoms with Gasteiger partial charge < -0.3 is 10.1 Å². The fourth-order valence-corrected chi connectivity index (χ4v) is 1.90. The minimum atomic E-state index is -0.406. The van der Waals surface area contributed by atoms with Gasteiger partial charge in [0.2, 0.25) is 0 Å². The number of carbonyl (C=O) groups is 2. The first kappa shape index (κ1) is 14.8. The summed E-state index contributed by atoms with van der Waals surface area (Å²) in [5.74, 6) is -0.658. The monoisotopic (exact) mass is 291 g/mol. The zero-order valence-electron chi connectivity index (χ0n) is 12.2.